The van der Waals surface area contributed by atoms with E-state index in [0.717, 1.165) is 16.9 Å². The summed E-state index contributed by atoms with van der Waals surface area (Å²) in [5.41, 5.74) is 2.49. The van der Waals surface area contributed by atoms with Crippen LogP contribution in [0.25, 0.3) is 0 Å². The van der Waals surface area contributed by atoms with Gasteiger partial charge >= 0.3 is 0 Å². The summed E-state index contributed by atoms with van der Waals surface area (Å²) in [6, 6.07) is 14.8. The van der Waals surface area contributed by atoms with Crippen molar-refractivity contribution in [1.82, 2.24) is 5.32 Å². The number of hydrogen-bond donors (Lipinski definition) is 1. The molecule has 0 aromatic heterocycles. The van der Waals surface area contributed by atoms with Crippen LogP contribution < -0.4 is 10.1 Å². The van der Waals surface area contributed by atoms with Crippen LogP contribution in [0.5, 0.6) is 5.75 Å². The van der Waals surface area contributed by atoms with E-state index in [1.54, 1.807) is 18.3 Å². The van der Waals surface area contributed by atoms with Gasteiger partial charge in [0, 0.05) is 5.56 Å². The molecule has 0 radical (unpaired) electrons. The van der Waals surface area contributed by atoms with Crippen LogP contribution in [0.4, 0.5) is 0 Å². The molecule has 1 atom stereocenters. The van der Waals surface area contributed by atoms with Crippen LogP contribution in [0.2, 0.25) is 0 Å². The molecule has 0 heterocycles. The van der Waals surface area contributed by atoms with E-state index in [4.69, 9.17) is 4.74 Å². The molecule has 5 heteroatoms. The SMILES string of the molecule is CCOc1ccc(C(C)NC(=O)c2ccc(/C=N/OC)cc2)cc1. The highest BCUT2D eigenvalue weighted by Gasteiger charge is 2.11. The molecule has 1 unspecified atom stereocenters. The maximum absolute atomic E-state index is 12.3. The molecule has 0 saturated heterocycles. The zero-order valence-corrected chi connectivity index (χ0v) is 14.2. The minimum Gasteiger partial charge on any atom is -0.494 e. The van der Waals surface area contributed by atoms with Crippen LogP contribution in [0.1, 0.15) is 41.4 Å². The maximum atomic E-state index is 12.3. The molecule has 1 N–H and O–H groups in total. The van der Waals surface area contributed by atoms with Gasteiger partial charge < -0.3 is 14.9 Å². The van der Waals surface area contributed by atoms with E-state index < -0.39 is 0 Å². The molecule has 24 heavy (non-hydrogen) atoms. The highest BCUT2D eigenvalue weighted by atomic mass is 16.6. The van der Waals surface area contributed by atoms with E-state index in [9.17, 15) is 4.79 Å². The van der Waals surface area contributed by atoms with E-state index in [1.807, 2.05) is 50.2 Å². The number of nitrogens with zero attached hydrogens (tertiary/aromatic N) is 1. The van der Waals surface area contributed by atoms with Crippen LogP contribution in [0, 0.1) is 0 Å². The Morgan fingerprint density at radius 1 is 1.17 bits per heavy atom. The van der Waals surface area contributed by atoms with Crippen molar-refractivity contribution in [3.05, 3.63) is 65.2 Å². The lowest BCUT2D eigenvalue weighted by Gasteiger charge is -2.15. The van der Waals surface area contributed by atoms with Gasteiger partial charge in [-0.3, -0.25) is 4.79 Å². The fourth-order valence-corrected chi connectivity index (χ4v) is 2.22. The van der Waals surface area contributed by atoms with Crippen LogP contribution in [-0.2, 0) is 4.84 Å². The standard InChI is InChI=1S/C19H22N2O3/c1-4-24-18-11-9-16(10-12-18)14(2)21-19(22)17-7-5-15(6-8-17)13-20-23-3/h5-14H,4H2,1-3H3,(H,21,22)/b20-13+. The second-order valence-electron chi connectivity index (χ2n) is 5.24. The van der Waals surface area contributed by atoms with Crippen molar-refractivity contribution < 1.29 is 14.4 Å². The van der Waals surface area contributed by atoms with E-state index >= 15 is 0 Å². The molecule has 5 nitrogen and oxygen atoms in total. The van der Waals surface area contributed by atoms with Crippen molar-refractivity contribution in [1.29, 1.82) is 0 Å². The lowest BCUT2D eigenvalue weighted by molar-refractivity contribution is 0.0940. The number of carbonyl (C=O) groups excluding carboxylic acids is 1. The second-order valence-corrected chi connectivity index (χ2v) is 5.24. The monoisotopic (exact) mass is 326 g/mol. The number of amides is 1. The van der Waals surface area contributed by atoms with Crippen molar-refractivity contribution >= 4 is 12.1 Å². The second kappa shape index (κ2) is 8.72. The third-order valence-electron chi connectivity index (χ3n) is 3.52. The quantitative estimate of drug-likeness (QED) is 0.625. The zero-order chi connectivity index (χ0) is 17.4. The van der Waals surface area contributed by atoms with Crippen molar-refractivity contribution in [3.8, 4) is 5.75 Å². The van der Waals surface area contributed by atoms with Crippen LogP contribution >= 0.6 is 0 Å². The predicted octanol–water partition coefficient (Wildman–Crippen LogP) is 3.56. The fourth-order valence-electron chi connectivity index (χ4n) is 2.22. The largest absolute Gasteiger partial charge is 0.494 e. The Morgan fingerprint density at radius 2 is 1.83 bits per heavy atom. The van der Waals surface area contributed by atoms with Gasteiger partial charge in [-0.25, -0.2) is 0 Å². The number of carbonyl (C=O) groups is 1. The van der Waals surface area contributed by atoms with E-state index in [0.29, 0.717) is 12.2 Å². The van der Waals surface area contributed by atoms with Crippen LogP contribution in [0.15, 0.2) is 53.7 Å². The first-order chi connectivity index (χ1) is 11.6. The third-order valence-corrected chi connectivity index (χ3v) is 3.52. The zero-order valence-electron chi connectivity index (χ0n) is 14.2. The molecule has 1 amide bonds. The highest BCUT2D eigenvalue weighted by Crippen LogP contribution is 2.18. The fraction of sp³-hybridized carbons (Fsp3) is 0.263. The number of benzene rings is 2. The minimum absolute atomic E-state index is 0.0945. The first-order valence-corrected chi connectivity index (χ1v) is 7.84. The Kier molecular flexibility index (Phi) is 6.37. The molecular weight excluding hydrogens is 304 g/mol. The summed E-state index contributed by atoms with van der Waals surface area (Å²) in [4.78, 5) is 17.0. The summed E-state index contributed by atoms with van der Waals surface area (Å²) in [6.07, 6.45) is 1.59. The van der Waals surface area contributed by atoms with E-state index in [2.05, 4.69) is 15.3 Å². The Morgan fingerprint density at radius 3 is 2.42 bits per heavy atom. The van der Waals surface area contributed by atoms with Gasteiger partial charge in [0.15, 0.2) is 0 Å². The van der Waals surface area contributed by atoms with Crippen molar-refractivity contribution in [3.63, 3.8) is 0 Å². The number of oxime groups is 1. The Labute approximate surface area is 142 Å². The van der Waals surface area contributed by atoms with Crippen LogP contribution in [-0.4, -0.2) is 25.8 Å². The average molecular weight is 326 g/mol. The summed E-state index contributed by atoms with van der Waals surface area (Å²) in [5, 5.41) is 6.68. The first kappa shape index (κ1) is 17.5. The van der Waals surface area contributed by atoms with Gasteiger partial charge in [0.05, 0.1) is 18.9 Å². The number of ether oxygens (including phenoxy) is 1. The maximum Gasteiger partial charge on any atom is 0.251 e. The Bertz CT molecular complexity index is 679. The molecule has 0 saturated carbocycles. The van der Waals surface area contributed by atoms with Gasteiger partial charge in [0.25, 0.3) is 5.91 Å². The van der Waals surface area contributed by atoms with Gasteiger partial charge in [-0.15, -0.1) is 0 Å². The Balaban J connectivity index is 1.98. The summed E-state index contributed by atoms with van der Waals surface area (Å²) in [5.74, 6) is 0.708. The Hall–Kier alpha value is -2.82. The summed E-state index contributed by atoms with van der Waals surface area (Å²) >= 11 is 0. The van der Waals surface area contributed by atoms with Crippen molar-refractivity contribution in [2.75, 3.05) is 13.7 Å². The number of hydrogen-bond acceptors (Lipinski definition) is 4. The predicted molar refractivity (Wildman–Crippen MR) is 94.5 cm³/mol. The lowest BCUT2D eigenvalue weighted by Crippen LogP contribution is -2.26. The molecule has 0 aliphatic heterocycles. The van der Waals surface area contributed by atoms with Gasteiger partial charge in [-0.1, -0.05) is 29.4 Å². The molecule has 2 aromatic carbocycles. The molecule has 0 fully saturated rings. The minimum atomic E-state index is -0.119. The van der Waals surface area contributed by atoms with E-state index in [1.165, 1.54) is 7.11 Å². The molecule has 126 valence electrons. The van der Waals surface area contributed by atoms with E-state index in [-0.39, 0.29) is 11.9 Å². The topological polar surface area (TPSA) is 59.9 Å². The third kappa shape index (κ3) is 4.84. The molecule has 0 aliphatic carbocycles. The molecule has 2 aromatic rings. The average Bonchev–Trinajstić information content (AvgIpc) is 2.61. The summed E-state index contributed by atoms with van der Waals surface area (Å²) in [6.45, 7) is 4.53. The smallest absolute Gasteiger partial charge is 0.251 e. The normalized spacial score (nSPS) is 12.0. The number of rotatable bonds is 7. The van der Waals surface area contributed by atoms with Crippen LogP contribution in [0.3, 0.4) is 0 Å². The van der Waals surface area contributed by atoms with Gasteiger partial charge in [-0.2, -0.15) is 0 Å². The van der Waals surface area contributed by atoms with Crippen molar-refractivity contribution in [2.24, 2.45) is 5.16 Å². The summed E-state index contributed by atoms with van der Waals surface area (Å²) in [7, 11) is 1.49. The first-order valence-electron chi connectivity index (χ1n) is 7.84. The van der Waals surface area contributed by atoms with Crippen molar-refractivity contribution in [2.45, 2.75) is 19.9 Å². The van der Waals surface area contributed by atoms with Gasteiger partial charge in [-0.05, 0) is 49.2 Å². The molecule has 0 aliphatic rings. The van der Waals surface area contributed by atoms with Gasteiger partial charge in [0.1, 0.15) is 12.9 Å². The molecular formula is C19H22N2O3. The highest BCUT2D eigenvalue weighted by molar-refractivity contribution is 5.95. The molecule has 0 bridgehead atoms. The molecule has 2 rings (SSSR count). The summed E-state index contributed by atoms with van der Waals surface area (Å²) < 4.78 is 5.42. The lowest BCUT2D eigenvalue weighted by atomic mass is 10.1. The number of nitrogens with one attached hydrogen (secondary N) is 1. The van der Waals surface area contributed by atoms with Gasteiger partial charge in [0.2, 0.25) is 0 Å². The molecule has 0 spiro atoms.